The van der Waals surface area contributed by atoms with Crippen LogP contribution in [0.1, 0.15) is 35.2 Å². The summed E-state index contributed by atoms with van der Waals surface area (Å²) in [5.74, 6) is 0. The zero-order valence-corrected chi connectivity index (χ0v) is 11.8. The Bertz CT molecular complexity index is 588. The first-order valence-electron chi connectivity index (χ1n) is 6.90. The van der Waals surface area contributed by atoms with Gasteiger partial charge in [-0.05, 0) is 41.7 Å². The number of nitrogens with two attached hydrogens (primary N) is 1. The van der Waals surface area contributed by atoms with Crippen LogP contribution in [-0.4, -0.2) is 0 Å². The van der Waals surface area contributed by atoms with Gasteiger partial charge in [-0.1, -0.05) is 43.3 Å². The summed E-state index contributed by atoms with van der Waals surface area (Å²) in [6, 6.07) is 12.8. The summed E-state index contributed by atoms with van der Waals surface area (Å²) in [7, 11) is 0. The van der Waals surface area contributed by atoms with E-state index in [1.54, 1.807) is 6.07 Å². The largest absolute Gasteiger partial charge is 0.416 e. The lowest BCUT2D eigenvalue weighted by molar-refractivity contribution is -0.137. The highest BCUT2D eigenvalue weighted by atomic mass is 19.4. The Morgan fingerprint density at radius 2 is 1.62 bits per heavy atom. The van der Waals surface area contributed by atoms with Crippen LogP contribution < -0.4 is 5.73 Å². The van der Waals surface area contributed by atoms with E-state index in [1.165, 1.54) is 11.6 Å². The molecule has 4 heteroatoms. The quantitative estimate of drug-likeness (QED) is 0.882. The predicted octanol–water partition coefficient (Wildman–Crippen LogP) is 4.51. The SMILES string of the molecule is CCc1ccc(CC(N)c2cccc(C(F)(F)F)c2)cc1. The molecule has 1 atom stereocenters. The Balaban J connectivity index is 2.14. The van der Waals surface area contributed by atoms with E-state index in [0.717, 1.165) is 24.1 Å². The molecular formula is C17H18F3N. The fourth-order valence-corrected chi connectivity index (χ4v) is 2.23. The number of aryl methyl sites for hydroxylation is 1. The average molecular weight is 293 g/mol. The summed E-state index contributed by atoms with van der Waals surface area (Å²) in [4.78, 5) is 0. The Kier molecular flexibility index (Phi) is 4.68. The zero-order valence-electron chi connectivity index (χ0n) is 11.8. The minimum absolute atomic E-state index is 0.445. The van der Waals surface area contributed by atoms with Crippen LogP contribution in [0.15, 0.2) is 48.5 Å². The number of benzene rings is 2. The normalized spacial score (nSPS) is 13.2. The van der Waals surface area contributed by atoms with Gasteiger partial charge in [0.2, 0.25) is 0 Å². The van der Waals surface area contributed by atoms with Crippen molar-refractivity contribution in [2.75, 3.05) is 0 Å². The van der Waals surface area contributed by atoms with Crippen molar-refractivity contribution in [3.63, 3.8) is 0 Å². The molecule has 0 heterocycles. The minimum atomic E-state index is -4.33. The molecule has 0 spiro atoms. The van der Waals surface area contributed by atoms with Gasteiger partial charge in [0.25, 0.3) is 0 Å². The van der Waals surface area contributed by atoms with Crippen LogP contribution in [0.2, 0.25) is 0 Å². The Hall–Kier alpha value is -1.81. The van der Waals surface area contributed by atoms with Crippen molar-refractivity contribution < 1.29 is 13.2 Å². The van der Waals surface area contributed by atoms with Gasteiger partial charge < -0.3 is 5.73 Å². The van der Waals surface area contributed by atoms with Gasteiger partial charge in [-0.3, -0.25) is 0 Å². The van der Waals surface area contributed by atoms with Crippen LogP contribution >= 0.6 is 0 Å². The Labute approximate surface area is 122 Å². The van der Waals surface area contributed by atoms with Gasteiger partial charge in [-0.2, -0.15) is 13.2 Å². The Morgan fingerprint density at radius 3 is 2.19 bits per heavy atom. The van der Waals surface area contributed by atoms with Crippen LogP contribution in [-0.2, 0) is 19.0 Å². The average Bonchev–Trinajstić information content (AvgIpc) is 2.47. The van der Waals surface area contributed by atoms with Crippen LogP contribution in [0.5, 0.6) is 0 Å². The highest BCUT2D eigenvalue weighted by Gasteiger charge is 2.30. The number of hydrogen-bond acceptors (Lipinski definition) is 1. The standard InChI is InChI=1S/C17H18F3N/c1-2-12-6-8-13(9-7-12)10-16(21)14-4-3-5-15(11-14)17(18,19)20/h3-9,11,16H,2,10,21H2,1H3. The van der Waals surface area contributed by atoms with Gasteiger partial charge in [0, 0.05) is 6.04 Å². The molecule has 0 aliphatic rings. The molecule has 0 radical (unpaired) electrons. The summed E-state index contributed by atoms with van der Waals surface area (Å²) >= 11 is 0. The van der Waals surface area contributed by atoms with Crippen molar-refractivity contribution in [2.24, 2.45) is 5.73 Å². The second-order valence-corrected chi connectivity index (χ2v) is 5.10. The van der Waals surface area contributed by atoms with Crippen molar-refractivity contribution in [2.45, 2.75) is 32.0 Å². The molecule has 0 aliphatic heterocycles. The van der Waals surface area contributed by atoms with Crippen molar-refractivity contribution >= 4 is 0 Å². The van der Waals surface area contributed by atoms with Gasteiger partial charge in [-0.15, -0.1) is 0 Å². The molecule has 0 amide bonds. The summed E-state index contributed by atoms with van der Waals surface area (Å²) in [6.07, 6.45) is -2.86. The number of hydrogen-bond donors (Lipinski definition) is 1. The Morgan fingerprint density at radius 1 is 1.00 bits per heavy atom. The van der Waals surface area contributed by atoms with E-state index in [0.29, 0.717) is 12.0 Å². The summed E-state index contributed by atoms with van der Waals surface area (Å²) in [5.41, 5.74) is 8.14. The maximum atomic E-state index is 12.7. The second-order valence-electron chi connectivity index (χ2n) is 5.10. The predicted molar refractivity (Wildman–Crippen MR) is 77.9 cm³/mol. The van der Waals surface area contributed by atoms with E-state index in [-0.39, 0.29) is 0 Å². The highest BCUT2D eigenvalue weighted by molar-refractivity contribution is 5.30. The van der Waals surface area contributed by atoms with Crippen LogP contribution in [0, 0.1) is 0 Å². The minimum Gasteiger partial charge on any atom is -0.324 e. The molecule has 112 valence electrons. The molecule has 2 rings (SSSR count). The van der Waals surface area contributed by atoms with E-state index in [2.05, 4.69) is 6.92 Å². The molecule has 1 nitrogen and oxygen atoms in total. The topological polar surface area (TPSA) is 26.0 Å². The molecule has 1 unspecified atom stereocenters. The molecule has 2 N–H and O–H groups in total. The lowest BCUT2D eigenvalue weighted by Gasteiger charge is -2.15. The van der Waals surface area contributed by atoms with E-state index >= 15 is 0 Å². The second kappa shape index (κ2) is 6.31. The van der Waals surface area contributed by atoms with Crippen molar-refractivity contribution in [1.82, 2.24) is 0 Å². The molecule has 21 heavy (non-hydrogen) atoms. The first-order chi connectivity index (χ1) is 9.90. The maximum absolute atomic E-state index is 12.7. The van der Waals surface area contributed by atoms with Gasteiger partial charge in [-0.25, -0.2) is 0 Å². The summed E-state index contributed by atoms with van der Waals surface area (Å²) in [5, 5.41) is 0. The van der Waals surface area contributed by atoms with E-state index < -0.39 is 17.8 Å². The lowest BCUT2D eigenvalue weighted by atomic mass is 9.97. The van der Waals surface area contributed by atoms with E-state index in [9.17, 15) is 13.2 Å². The molecule has 0 fully saturated rings. The third kappa shape index (κ3) is 4.08. The van der Waals surface area contributed by atoms with Crippen molar-refractivity contribution in [1.29, 1.82) is 0 Å². The van der Waals surface area contributed by atoms with Crippen molar-refractivity contribution in [3.8, 4) is 0 Å². The first-order valence-corrected chi connectivity index (χ1v) is 6.90. The van der Waals surface area contributed by atoms with E-state index in [4.69, 9.17) is 5.73 Å². The highest BCUT2D eigenvalue weighted by Crippen LogP contribution is 2.30. The van der Waals surface area contributed by atoms with Gasteiger partial charge in [0.15, 0.2) is 0 Å². The molecule has 0 aromatic heterocycles. The van der Waals surface area contributed by atoms with Gasteiger partial charge in [0.05, 0.1) is 5.56 Å². The summed E-state index contributed by atoms with van der Waals surface area (Å²) < 4.78 is 38.1. The van der Waals surface area contributed by atoms with Crippen molar-refractivity contribution in [3.05, 3.63) is 70.8 Å². The zero-order chi connectivity index (χ0) is 15.5. The fourth-order valence-electron chi connectivity index (χ4n) is 2.23. The lowest BCUT2D eigenvalue weighted by Crippen LogP contribution is -2.15. The third-order valence-corrected chi connectivity index (χ3v) is 3.53. The van der Waals surface area contributed by atoms with Gasteiger partial charge in [0.1, 0.15) is 0 Å². The van der Waals surface area contributed by atoms with Gasteiger partial charge >= 0.3 is 6.18 Å². The molecule has 0 aliphatic carbocycles. The molecule has 0 saturated heterocycles. The number of rotatable bonds is 4. The molecule has 0 bridgehead atoms. The molecular weight excluding hydrogens is 275 g/mol. The number of alkyl halides is 3. The van der Waals surface area contributed by atoms with Crippen LogP contribution in [0.3, 0.4) is 0 Å². The molecule has 0 saturated carbocycles. The maximum Gasteiger partial charge on any atom is 0.416 e. The molecule has 2 aromatic rings. The fraction of sp³-hybridized carbons (Fsp3) is 0.294. The molecule has 2 aromatic carbocycles. The van der Waals surface area contributed by atoms with Crippen LogP contribution in [0.4, 0.5) is 13.2 Å². The third-order valence-electron chi connectivity index (χ3n) is 3.53. The number of halogens is 3. The summed E-state index contributed by atoms with van der Waals surface area (Å²) in [6.45, 7) is 2.07. The monoisotopic (exact) mass is 293 g/mol. The van der Waals surface area contributed by atoms with Crippen LogP contribution in [0.25, 0.3) is 0 Å². The first kappa shape index (κ1) is 15.6. The smallest absolute Gasteiger partial charge is 0.324 e. The van der Waals surface area contributed by atoms with E-state index in [1.807, 2.05) is 24.3 Å².